The van der Waals surface area contributed by atoms with Crippen LogP contribution in [-0.2, 0) is 6.54 Å². The van der Waals surface area contributed by atoms with E-state index in [1.54, 1.807) is 30.3 Å². The van der Waals surface area contributed by atoms with Gasteiger partial charge in [-0.3, -0.25) is 9.78 Å². The van der Waals surface area contributed by atoms with Gasteiger partial charge in [0.2, 0.25) is 0 Å². The van der Waals surface area contributed by atoms with Crippen LogP contribution in [0, 0.1) is 0 Å². The smallest absolute Gasteiger partial charge is 0.349 e. The van der Waals surface area contributed by atoms with E-state index in [9.17, 15) is 24.9 Å². The summed E-state index contributed by atoms with van der Waals surface area (Å²) in [5, 5.41) is 39.2. The largest absolute Gasteiger partial charge is 0.394 e. The maximum absolute atomic E-state index is 12.1. The van der Waals surface area contributed by atoms with Crippen molar-refractivity contribution in [3.63, 3.8) is 0 Å². The molecule has 132 valence electrons. The number of rotatable bonds is 5. The normalized spacial score (nSPS) is 15.4. The lowest BCUT2D eigenvalue weighted by molar-refractivity contribution is -0.0802. The second-order valence-corrected chi connectivity index (χ2v) is 5.73. The molecule has 25 heavy (non-hydrogen) atoms. The quantitative estimate of drug-likeness (QED) is 0.344. The second kappa shape index (κ2) is 6.73. The molecule has 3 atom stereocenters. The molecule has 3 rings (SSSR count). The number of hydrogen-bond donors (Lipinski definition) is 5. The van der Waals surface area contributed by atoms with E-state index in [0.717, 1.165) is 0 Å². The van der Waals surface area contributed by atoms with Gasteiger partial charge in [-0.15, -0.1) is 0 Å². The molecule has 9 heteroatoms. The van der Waals surface area contributed by atoms with Crippen LogP contribution >= 0.6 is 0 Å². The van der Waals surface area contributed by atoms with E-state index in [0.29, 0.717) is 10.9 Å². The topological polar surface area (TPSA) is 149 Å². The highest BCUT2D eigenvalue weighted by molar-refractivity contribution is 5.85. The number of benzene rings is 1. The molecule has 1 aromatic carbocycles. The lowest BCUT2D eigenvalue weighted by Crippen LogP contribution is -2.42. The molecule has 0 aromatic heterocycles. The summed E-state index contributed by atoms with van der Waals surface area (Å²) in [5.41, 5.74) is -0.702. The summed E-state index contributed by atoms with van der Waals surface area (Å²) in [7, 11) is 0. The number of para-hydroxylation sites is 1. The van der Waals surface area contributed by atoms with Crippen molar-refractivity contribution in [1.82, 2.24) is 14.5 Å². The molecule has 2 aliphatic rings. The van der Waals surface area contributed by atoms with Crippen molar-refractivity contribution in [2.24, 2.45) is 0 Å². The summed E-state index contributed by atoms with van der Waals surface area (Å²) in [6, 6.07) is 8.55. The van der Waals surface area contributed by atoms with Gasteiger partial charge in [-0.2, -0.15) is 4.98 Å². The molecule has 9 nitrogen and oxygen atoms in total. The number of fused-ring (bicyclic) bond motifs is 2. The first-order chi connectivity index (χ1) is 11.9. The third-order valence-corrected chi connectivity index (χ3v) is 4.04. The van der Waals surface area contributed by atoms with E-state index in [1.807, 2.05) is 0 Å². The molecule has 0 fully saturated rings. The summed E-state index contributed by atoms with van der Waals surface area (Å²) in [6.45, 7) is -0.965. The van der Waals surface area contributed by atoms with Gasteiger partial charge < -0.3 is 25.0 Å². The molecule has 0 saturated heterocycles. The summed E-state index contributed by atoms with van der Waals surface area (Å²) in [4.78, 5) is 29.6. The first-order valence-corrected chi connectivity index (χ1v) is 7.60. The van der Waals surface area contributed by atoms with Gasteiger partial charge in [-0.25, -0.2) is 4.79 Å². The van der Waals surface area contributed by atoms with Crippen molar-refractivity contribution in [2.45, 2.75) is 24.9 Å². The fourth-order valence-electron chi connectivity index (χ4n) is 2.76. The number of aromatic amines is 1. The highest BCUT2D eigenvalue weighted by atomic mass is 16.4. The Balaban J connectivity index is 2.20. The molecule has 0 saturated carbocycles. The summed E-state index contributed by atoms with van der Waals surface area (Å²) >= 11 is 0. The molecule has 0 spiro atoms. The summed E-state index contributed by atoms with van der Waals surface area (Å²) in [6.07, 6.45) is -4.60. The summed E-state index contributed by atoms with van der Waals surface area (Å²) < 4.78 is 1.43. The zero-order valence-electron chi connectivity index (χ0n) is 13.0. The molecule has 2 heterocycles. The summed E-state index contributed by atoms with van der Waals surface area (Å²) in [5.74, 6) is 0.0530. The predicted molar refractivity (Wildman–Crippen MR) is 88.4 cm³/mol. The number of aliphatic hydroxyl groups excluding tert-OH is 4. The van der Waals surface area contributed by atoms with Crippen molar-refractivity contribution in [1.29, 1.82) is 0 Å². The number of nitrogens with zero attached hydrogens (tertiary/aromatic N) is 2. The molecular formula is C16H17N3O6. The molecule has 0 radical (unpaired) electrons. The maximum Gasteiger partial charge on any atom is 0.349 e. The standard InChI is InChI=1S/C16H17N3O6/c20-7-12(22)13(23)11(21)6-19-10-4-2-1-3-8(10)5-9-14(19)17-16(25)18-15(9)24/h1-5,11-13,20-23H,6-7H2,(H,18,24,25)/t11-,12-,13+/m1/s1. The van der Waals surface area contributed by atoms with Gasteiger partial charge in [0, 0.05) is 5.52 Å². The maximum atomic E-state index is 12.1. The van der Waals surface area contributed by atoms with Crippen molar-refractivity contribution in [2.75, 3.05) is 6.61 Å². The third kappa shape index (κ3) is 3.17. The Morgan fingerprint density at radius 3 is 2.56 bits per heavy atom. The van der Waals surface area contributed by atoms with Gasteiger partial charge in [0.25, 0.3) is 5.56 Å². The molecular weight excluding hydrogens is 330 g/mol. The Morgan fingerprint density at radius 1 is 1.12 bits per heavy atom. The van der Waals surface area contributed by atoms with Crippen LogP contribution in [0.25, 0.3) is 22.3 Å². The highest BCUT2D eigenvalue weighted by Gasteiger charge is 2.26. The van der Waals surface area contributed by atoms with Crippen LogP contribution in [0.2, 0.25) is 0 Å². The van der Waals surface area contributed by atoms with Gasteiger partial charge in [0.15, 0.2) is 5.82 Å². The van der Waals surface area contributed by atoms with E-state index in [2.05, 4.69) is 9.97 Å². The van der Waals surface area contributed by atoms with Crippen molar-refractivity contribution in [3.05, 3.63) is 51.2 Å². The SMILES string of the molecule is O=c1nc2n(C[C@@H](O)[C@H](O)[C@H](O)CO)c3ccccc3cc-2c(=O)[nH]1. The molecule has 0 aliphatic carbocycles. The monoisotopic (exact) mass is 347 g/mol. The molecule has 1 aromatic rings. The Kier molecular flexibility index (Phi) is 4.64. The Hall–Kier alpha value is -2.59. The van der Waals surface area contributed by atoms with Gasteiger partial charge >= 0.3 is 5.69 Å². The molecule has 0 unspecified atom stereocenters. The van der Waals surface area contributed by atoms with E-state index >= 15 is 0 Å². The van der Waals surface area contributed by atoms with Crippen LogP contribution in [0.1, 0.15) is 0 Å². The van der Waals surface area contributed by atoms with Crippen LogP contribution < -0.4 is 11.2 Å². The first kappa shape index (κ1) is 17.2. The van der Waals surface area contributed by atoms with Crippen LogP contribution in [-0.4, -0.2) is 59.9 Å². The van der Waals surface area contributed by atoms with Gasteiger partial charge in [0.1, 0.15) is 18.3 Å². The van der Waals surface area contributed by atoms with Crippen molar-refractivity contribution >= 4 is 10.9 Å². The van der Waals surface area contributed by atoms with Gasteiger partial charge in [-0.05, 0) is 17.5 Å². The number of H-pyrrole nitrogens is 1. The van der Waals surface area contributed by atoms with E-state index < -0.39 is 36.2 Å². The Morgan fingerprint density at radius 2 is 1.84 bits per heavy atom. The number of pyridine rings is 1. The lowest BCUT2D eigenvalue weighted by atomic mass is 10.1. The van der Waals surface area contributed by atoms with E-state index in [-0.39, 0.29) is 17.9 Å². The fourth-order valence-corrected chi connectivity index (χ4v) is 2.76. The van der Waals surface area contributed by atoms with Crippen molar-refractivity contribution in [3.8, 4) is 11.4 Å². The zero-order valence-corrected chi connectivity index (χ0v) is 13.0. The first-order valence-electron chi connectivity index (χ1n) is 7.60. The minimum absolute atomic E-state index is 0.0530. The average molecular weight is 347 g/mol. The molecule has 0 bridgehead atoms. The average Bonchev–Trinajstić information content (AvgIpc) is 2.60. The minimum Gasteiger partial charge on any atom is -0.394 e. The number of aromatic nitrogens is 3. The minimum atomic E-state index is -1.61. The van der Waals surface area contributed by atoms with Crippen LogP contribution in [0.5, 0.6) is 0 Å². The predicted octanol–water partition coefficient (Wildman–Crippen LogP) is -1.74. The second-order valence-electron chi connectivity index (χ2n) is 5.73. The van der Waals surface area contributed by atoms with Gasteiger partial charge in [0.05, 0.1) is 18.7 Å². The fraction of sp³-hybridized carbons (Fsp3) is 0.312. The Labute approximate surface area is 140 Å². The van der Waals surface area contributed by atoms with Crippen molar-refractivity contribution < 1.29 is 20.4 Å². The third-order valence-electron chi connectivity index (χ3n) is 4.04. The highest BCUT2D eigenvalue weighted by Crippen LogP contribution is 2.24. The van der Waals surface area contributed by atoms with Gasteiger partial charge in [-0.1, -0.05) is 18.2 Å². The van der Waals surface area contributed by atoms with E-state index in [4.69, 9.17) is 5.11 Å². The lowest BCUT2D eigenvalue weighted by Gasteiger charge is -2.25. The Bertz CT molecular complexity index is 982. The number of aliphatic hydroxyl groups is 4. The molecule has 5 N–H and O–H groups in total. The van der Waals surface area contributed by atoms with Crippen LogP contribution in [0.3, 0.4) is 0 Å². The van der Waals surface area contributed by atoms with Crippen LogP contribution in [0.15, 0.2) is 39.9 Å². The number of nitrogens with one attached hydrogen (secondary N) is 1. The molecule has 2 aliphatic heterocycles. The van der Waals surface area contributed by atoms with Crippen LogP contribution in [0.4, 0.5) is 0 Å². The zero-order chi connectivity index (χ0) is 18.1. The number of hydrogen-bond acceptors (Lipinski definition) is 7. The van der Waals surface area contributed by atoms with E-state index in [1.165, 1.54) is 4.57 Å². The molecule has 0 amide bonds.